The second-order valence-electron chi connectivity index (χ2n) is 7.98. The fourth-order valence-corrected chi connectivity index (χ4v) is 3.90. The van der Waals surface area contributed by atoms with E-state index in [0.717, 1.165) is 56.7 Å². The van der Waals surface area contributed by atoms with Gasteiger partial charge < -0.3 is 15.0 Å². The minimum Gasteiger partial charge on any atom is -0.379 e. The summed E-state index contributed by atoms with van der Waals surface area (Å²) in [6, 6.07) is 6.27. The molecule has 0 radical (unpaired) electrons. The van der Waals surface area contributed by atoms with Crippen molar-refractivity contribution in [3.8, 4) is 11.5 Å². The molecular formula is C21H25N7O2. The van der Waals surface area contributed by atoms with Gasteiger partial charge in [0.05, 0.1) is 41.5 Å². The van der Waals surface area contributed by atoms with Crippen LogP contribution < -0.4 is 5.32 Å². The molecule has 9 heteroatoms. The Kier molecular flexibility index (Phi) is 4.84. The zero-order valence-corrected chi connectivity index (χ0v) is 16.9. The Hall–Kier alpha value is -3.04. The highest BCUT2D eigenvalue weighted by Crippen LogP contribution is 2.45. The summed E-state index contributed by atoms with van der Waals surface area (Å²) in [6.45, 7) is 4.37. The zero-order chi connectivity index (χ0) is 20.6. The second-order valence-corrected chi connectivity index (χ2v) is 7.98. The number of hydrogen-bond acceptors (Lipinski definition) is 6. The number of nitrogens with one attached hydrogen (secondary N) is 3. The highest BCUT2D eigenvalue weighted by atomic mass is 16.5. The van der Waals surface area contributed by atoms with E-state index < -0.39 is 5.41 Å². The molecule has 156 valence electrons. The van der Waals surface area contributed by atoms with Gasteiger partial charge in [0.25, 0.3) is 0 Å². The van der Waals surface area contributed by atoms with Gasteiger partial charge >= 0.3 is 0 Å². The fourth-order valence-electron chi connectivity index (χ4n) is 3.90. The first-order valence-electron chi connectivity index (χ1n) is 10.2. The van der Waals surface area contributed by atoms with Crippen LogP contribution in [0.25, 0.3) is 22.6 Å². The molecule has 9 nitrogen and oxygen atoms in total. The molecule has 2 fully saturated rings. The topological polar surface area (TPSA) is 111 Å². The average Bonchev–Trinajstić information content (AvgIpc) is 3.20. The third-order valence-corrected chi connectivity index (χ3v) is 5.80. The van der Waals surface area contributed by atoms with E-state index in [-0.39, 0.29) is 5.91 Å². The summed E-state index contributed by atoms with van der Waals surface area (Å²) in [5.41, 5.74) is 3.86. The molecule has 1 aliphatic carbocycles. The quantitative estimate of drug-likeness (QED) is 0.543. The minimum absolute atomic E-state index is 0.0559. The predicted octanol–water partition coefficient (Wildman–Crippen LogP) is 2.20. The monoisotopic (exact) mass is 407 g/mol. The number of fused-ring (bicyclic) bond motifs is 1. The van der Waals surface area contributed by atoms with Crippen LogP contribution in [0.3, 0.4) is 0 Å². The van der Waals surface area contributed by atoms with E-state index in [2.05, 4.69) is 47.5 Å². The molecule has 3 heterocycles. The van der Waals surface area contributed by atoms with Crippen molar-refractivity contribution in [2.24, 2.45) is 10.4 Å². The van der Waals surface area contributed by atoms with Gasteiger partial charge in [0.15, 0.2) is 5.82 Å². The molecule has 3 aromatic rings. The number of ether oxygens (including phenoxy) is 1. The summed E-state index contributed by atoms with van der Waals surface area (Å²) in [5, 5.41) is 10.1. The van der Waals surface area contributed by atoms with Crippen molar-refractivity contribution >= 4 is 28.8 Å². The van der Waals surface area contributed by atoms with Crippen LogP contribution in [-0.4, -0.2) is 70.5 Å². The maximum absolute atomic E-state index is 12.7. The Balaban J connectivity index is 1.36. The highest BCUT2D eigenvalue weighted by molar-refractivity contribution is 6.09. The van der Waals surface area contributed by atoms with Crippen molar-refractivity contribution in [2.75, 3.05) is 38.7 Å². The van der Waals surface area contributed by atoms with E-state index in [9.17, 15) is 4.79 Å². The van der Waals surface area contributed by atoms with Crippen molar-refractivity contribution in [2.45, 2.75) is 19.4 Å². The first-order valence-corrected chi connectivity index (χ1v) is 10.2. The molecule has 1 aromatic carbocycles. The molecule has 2 aromatic heterocycles. The number of imidazole rings is 1. The number of anilines is 1. The van der Waals surface area contributed by atoms with Gasteiger partial charge in [-0.1, -0.05) is 6.07 Å². The van der Waals surface area contributed by atoms with E-state index in [0.29, 0.717) is 17.2 Å². The molecule has 3 N–H and O–H groups in total. The van der Waals surface area contributed by atoms with Crippen LogP contribution in [0.2, 0.25) is 0 Å². The van der Waals surface area contributed by atoms with E-state index in [1.807, 2.05) is 6.07 Å². The molecule has 30 heavy (non-hydrogen) atoms. The van der Waals surface area contributed by atoms with E-state index in [1.165, 1.54) is 5.56 Å². The molecule has 2 aliphatic rings. The standard InChI is InChI=1S/C21H25N7O2/c1-22-13-21(4-5-21)20(29)26-17-11-23-27-18(17)19-24-15-3-2-14(10-16(15)25-19)12-28-6-8-30-9-7-28/h2-3,10-11,13H,4-9,12H2,1H3,(H,23,27)(H,24,25)(H,26,29). The van der Waals surface area contributed by atoms with Crippen LogP contribution in [-0.2, 0) is 16.1 Å². The summed E-state index contributed by atoms with van der Waals surface area (Å²) in [7, 11) is 1.69. The molecule has 0 atom stereocenters. The number of carbonyl (C=O) groups excluding carboxylic acids is 1. The Morgan fingerprint density at radius 2 is 2.20 bits per heavy atom. The fraction of sp³-hybridized carbons (Fsp3) is 0.429. The lowest BCUT2D eigenvalue weighted by molar-refractivity contribution is -0.118. The van der Waals surface area contributed by atoms with Crippen LogP contribution >= 0.6 is 0 Å². The van der Waals surface area contributed by atoms with Crippen molar-refractivity contribution in [3.63, 3.8) is 0 Å². The lowest BCUT2D eigenvalue weighted by Gasteiger charge is -2.26. The highest BCUT2D eigenvalue weighted by Gasteiger charge is 2.48. The summed E-state index contributed by atoms with van der Waals surface area (Å²) in [6.07, 6.45) is 4.99. The molecule has 0 bridgehead atoms. The number of hydrogen-bond donors (Lipinski definition) is 3. The van der Waals surface area contributed by atoms with Gasteiger partial charge in [-0.2, -0.15) is 5.10 Å². The summed E-state index contributed by atoms with van der Waals surface area (Å²) in [5.74, 6) is 0.593. The lowest BCUT2D eigenvalue weighted by Crippen LogP contribution is -2.35. The van der Waals surface area contributed by atoms with Crippen LogP contribution in [0.1, 0.15) is 18.4 Å². The third-order valence-electron chi connectivity index (χ3n) is 5.80. The van der Waals surface area contributed by atoms with Crippen molar-refractivity contribution in [1.29, 1.82) is 0 Å². The number of nitrogens with zero attached hydrogens (tertiary/aromatic N) is 4. The SMILES string of the molecule is CN=CC1(C(=O)Nc2cn[nH]c2-c2nc3ccc(CN4CCOCC4)cc3[nH]2)CC1. The predicted molar refractivity (Wildman–Crippen MR) is 114 cm³/mol. The van der Waals surface area contributed by atoms with Crippen LogP contribution in [0.5, 0.6) is 0 Å². The Labute approximate surface area is 173 Å². The van der Waals surface area contributed by atoms with Crippen molar-refractivity contribution in [3.05, 3.63) is 30.0 Å². The van der Waals surface area contributed by atoms with Crippen molar-refractivity contribution in [1.82, 2.24) is 25.1 Å². The number of aliphatic imine (C=N–C) groups is 1. The number of morpholine rings is 1. The summed E-state index contributed by atoms with van der Waals surface area (Å²) >= 11 is 0. The van der Waals surface area contributed by atoms with Crippen LogP contribution in [0.4, 0.5) is 5.69 Å². The Morgan fingerprint density at radius 3 is 2.97 bits per heavy atom. The molecule has 1 saturated heterocycles. The van der Waals surface area contributed by atoms with Gasteiger partial charge in [-0.15, -0.1) is 0 Å². The van der Waals surface area contributed by atoms with Gasteiger partial charge in [0.2, 0.25) is 5.91 Å². The van der Waals surface area contributed by atoms with E-state index in [4.69, 9.17) is 4.74 Å². The smallest absolute Gasteiger partial charge is 0.236 e. The maximum Gasteiger partial charge on any atom is 0.236 e. The number of carbonyl (C=O) groups is 1. The molecule has 1 saturated carbocycles. The van der Waals surface area contributed by atoms with Crippen molar-refractivity contribution < 1.29 is 9.53 Å². The molecule has 0 spiro atoms. The van der Waals surface area contributed by atoms with Gasteiger partial charge in [-0.05, 0) is 30.5 Å². The molecule has 0 unspecified atom stereocenters. The average molecular weight is 407 g/mol. The maximum atomic E-state index is 12.7. The van der Waals surface area contributed by atoms with Gasteiger partial charge in [-0.25, -0.2) is 4.98 Å². The second kappa shape index (κ2) is 7.66. The number of H-pyrrole nitrogens is 2. The first-order chi connectivity index (χ1) is 14.7. The third kappa shape index (κ3) is 3.61. The largest absolute Gasteiger partial charge is 0.379 e. The minimum atomic E-state index is -0.481. The zero-order valence-electron chi connectivity index (χ0n) is 16.9. The van der Waals surface area contributed by atoms with E-state index in [1.54, 1.807) is 19.5 Å². The number of rotatable bonds is 6. The van der Waals surface area contributed by atoms with E-state index >= 15 is 0 Å². The first kappa shape index (κ1) is 19.0. The van der Waals surface area contributed by atoms with Gasteiger partial charge in [0.1, 0.15) is 5.69 Å². The molecular weight excluding hydrogens is 382 g/mol. The van der Waals surface area contributed by atoms with Crippen LogP contribution in [0, 0.1) is 5.41 Å². The van der Waals surface area contributed by atoms with Gasteiger partial charge in [-0.3, -0.25) is 19.8 Å². The summed E-state index contributed by atoms with van der Waals surface area (Å²) < 4.78 is 5.42. The molecule has 1 amide bonds. The number of benzene rings is 1. The lowest BCUT2D eigenvalue weighted by atomic mass is 10.1. The number of aromatic amines is 2. The number of aromatic nitrogens is 4. The van der Waals surface area contributed by atoms with Gasteiger partial charge in [0, 0.05) is 32.9 Å². The summed E-state index contributed by atoms with van der Waals surface area (Å²) in [4.78, 5) is 27.2. The normalized spacial score (nSPS) is 18.8. The van der Waals surface area contributed by atoms with Crippen LogP contribution in [0.15, 0.2) is 29.4 Å². The molecule has 5 rings (SSSR count). The Bertz CT molecular complexity index is 1090. The Morgan fingerprint density at radius 1 is 1.37 bits per heavy atom. The molecule has 1 aliphatic heterocycles. The number of amides is 1.